The monoisotopic (exact) mass is 322 g/mol. The van der Waals surface area contributed by atoms with Crippen molar-refractivity contribution in [2.45, 2.75) is 25.8 Å². The minimum atomic E-state index is -1.36. The van der Waals surface area contributed by atoms with Crippen LogP contribution in [0.3, 0.4) is 0 Å². The Morgan fingerprint density at radius 2 is 1.96 bits per heavy atom. The Labute approximate surface area is 132 Å². The second-order valence-electron chi connectivity index (χ2n) is 5.29. The minimum Gasteiger partial charge on any atom is -0.480 e. The third-order valence-corrected chi connectivity index (χ3v) is 3.64. The lowest BCUT2D eigenvalue weighted by atomic mass is 9.99. The average Bonchev–Trinajstić information content (AvgIpc) is 2.99. The van der Waals surface area contributed by atoms with Crippen molar-refractivity contribution in [1.82, 2.24) is 10.6 Å². The van der Waals surface area contributed by atoms with E-state index in [4.69, 9.17) is 14.6 Å². The second-order valence-corrected chi connectivity index (χ2v) is 5.29. The molecule has 0 spiro atoms. The SMILES string of the molecule is CCC(C)(NC(=O)CNC(=O)c1ccc2c(c1)OCO2)C(=O)O. The Morgan fingerprint density at radius 3 is 2.61 bits per heavy atom. The molecule has 0 aromatic heterocycles. The Kier molecular flexibility index (Phi) is 4.73. The predicted octanol–water partition coefficient (Wildman–Crippen LogP) is 0.515. The summed E-state index contributed by atoms with van der Waals surface area (Å²) < 4.78 is 10.3. The molecule has 23 heavy (non-hydrogen) atoms. The Balaban J connectivity index is 1.91. The molecular weight excluding hydrogens is 304 g/mol. The predicted molar refractivity (Wildman–Crippen MR) is 79.4 cm³/mol. The minimum absolute atomic E-state index is 0.105. The summed E-state index contributed by atoms with van der Waals surface area (Å²) in [5.74, 6) is -1.15. The smallest absolute Gasteiger partial charge is 0.329 e. The van der Waals surface area contributed by atoms with E-state index in [-0.39, 0.29) is 19.8 Å². The van der Waals surface area contributed by atoms with Gasteiger partial charge in [0.1, 0.15) is 5.54 Å². The molecule has 124 valence electrons. The summed E-state index contributed by atoms with van der Waals surface area (Å²) in [7, 11) is 0. The maximum absolute atomic E-state index is 12.0. The van der Waals surface area contributed by atoms with E-state index in [1.807, 2.05) is 0 Å². The number of amides is 2. The number of carboxylic acid groups (broad SMARTS) is 1. The highest BCUT2D eigenvalue weighted by Gasteiger charge is 2.32. The highest BCUT2D eigenvalue weighted by atomic mass is 16.7. The van der Waals surface area contributed by atoms with Gasteiger partial charge < -0.3 is 25.2 Å². The molecule has 0 aliphatic carbocycles. The van der Waals surface area contributed by atoms with E-state index in [1.165, 1.54) is 13.0 Å². The van der Waals surface area contributed by atoms with E-state index < -0.39 is 23.3 Å². The number of carbonyl (C=O) groups excluding carboxylic acids is 2. The average molecular weight is 322 g/mol. The van der Waals surface area contributed by atoms with Crippen LogP contribution in [-0.2, 0) is 9.59 Å². The van der Waals surface area contributed by atoms with Crippen LogP contribution in [0.15, 0.2) is 18.2 Å². The van der Waals surface area contributed by atoms with Crippen molar-refractivity contribution in [1.29, 1.82) is 0 Å². The van der Waals surface area contributed by atoms with Gasteiger partial charge in [-0.3, -0.25) is 9.59 Å². The molecule has 0 saturated carbocycles. The van der Waals surface area contributed by atoms with Gasteiger partial charge in [-0.15, -0.1) is 0 Å². The van der Waals surface area contributed by atoms with Gasteiger partial charge in [0.15, 0.2) is 11.5 Å². The Hall–Kier alpha value is -2.77. The van der Waals surface area contributed by atoms with Crippen molar-refractivity contribution in [2.24, 2.45) is 0 Å². The zero-order valence-corrected chi connectivity index (χ0v) is 12.8. The van der Waals surface area contributed by atoms with Gasteiger partial charge in [-0.25, -0.2) is 4.79 Å². The molecule has 2 amide bonds. The molecular formula is C15H18N2O6. The molecule has 1 aliphatic rings. The van der Waals surface area contributed by atoms with E-state index in [0.717, 1.165) is 0 Å². The molecule has 1 aliphatic heterocycles. The standard InChI is InChI=1S/C15H18N2O6/c1-3-15(2,14(20)21)17-12(18)7-16-13(19)9-4-5-10-11(6-9)23-8-22-10/h4-6H,3,7-8H2,1-2H3,(H,16,19)(H,17,18)(H,20,21). The van der Waals surface area contributed by atoms with Crippen LogP contribution in [0, 0.1) is 0 Å². The number of aliphatic carboxylic acids is 1. The molecule has 3 N–H and O–H groups in total. The lowest BCUT2D eigenvalue weighted by molar-refractivity contribution is -0.146. The van der Waals surface area contributed by atoms with Gasteiger partial charge in [0.05, 0.1) is 6.54 Å². The molecule has 0 radical (unpaired) electrons. The number of nitrogens with one attached hydrogen (secondary N) is 2. The van der Waals surface area contributed by atoms with Crippen molar-refractivity contribution < 1.29 is 29.0 Å². The van der Waals surface area contributed by atoms with Gasteiger partial charge in [-0.1, -0.05) is 6.92 Å². The maximum Gasteiger partial charge on any atom is 0.329 e. The first-order valence-corrected chi connectivity index (χ1v) is 7.08. The quantitative estimate of drug-likeness (QED) is 0.703. The molecule has 8 nitrogen and oxygen atoms in total. The van der Waals surface area contributed by atoms with Crippen molar-refractivity contribution in [3.05, 3.63) is 23.8 Å². The molecule has 0 bridgehead atoms. The van der Waals surface area contributed by atoms with E-state index in [2.05, 4.69) is 10.6 Å². The van der Waals surface area contributed by atoms with Crippen LogP contribution >= 0.6 is 0 Å². The molecule has 2 rings (SSSR count). The molecule has 8 heteroatoms. The van der Waals surface area contributed by atoms with Crippen LogP contribution in [0.4, 0.5) is 0 Å². The summed E-state index contributed by atoms with van der Waals surface area (Å²) in [4.78, 5) is 35.0. The maximum atomic E-state index is 12.0. The summed E-state index contributed by atoms with van der Waals surface area (Å²) in [5, 5.41) is 13.9. The lowest BCUT2D eigenvalue weighted by Gasteiger charge is -2.24. The number of fused-ring (bicyclic) bond motifs is 1. The zero-order valence-electron chi connectivity index (χ0n) is 12.8. The van der Waals surface area contributed by atoms with Gasteiger partial charge in [-0.05, 0) is 31.5 Å². The molecule has 1 aromatic carbocycles. The fourth-order valence-corrected chi connectivity index (χ4v) is 1.95. The summed E-state index contributed by atoms with van der Waals surface area (Å²) in [5.41, 5.74) is -1.04. The number of rotatable bonds is 6. The summed E-state index contributed by atoms with van der Waals surface area (Å²) in [6.45, 7) is 2.84. The fourth-order valence-electron chi connectivity index (χ4n) is 1.95. The second kappa shape index (κ2) is 6.55. The molecule has 0 fully saturated rings. The molecule has 1 aromatic rings. The van der Waals surface area contributed by atoms with Crippen LogP contribution in [-0.4, -0.2) is 41.8 Å². The van der Waals surface area contributed by atoms with Crippen LogP contribution in [0.2, 0.25) is 0 Å². The van der Waals surface area contributed by atoms with Crippen LogP contribution < -0.4 is 20.1 Å². The number of carboxylic acids is 1. The molecule has 1 heterocycles. The normalized spacial score (nSPS) is 14.7. The fraction of sp³-hybridized carbons (Fsp3) is 0.400. The lowest BCUT2D eigenvalue weighted by Crippen LogP contribution is -2.54. The van der Waals surface area contributed by atoms with Crippen molar-refractivity contribution in [2.75, 3.05) is 13.3 Å². The van der Waals surface area contributed by atoms with Crippen LogP contribution in [0.1, 0.15) is 30.6 Å². The summed E-state index contributed by atoms with van der Waals surface area (Å²) in [6, 6.07) is 4.67. The first-order chi connectivity index (χ1) is 10.9. The first kappa shape index (κ1) is 16.6. The molecule has 1 atom stereocenters. The topological polar surface area (TPSA) is 114 Å². The van der Waals surface area contributed by atoms with Gasteiger partial charge in [-0.2, -0.15) is 0 Å². The van der Waals surface area contributed by atoms with Crippen molar-refractivity contribution in [3.63, 3.8) is 0 Å². The van der Waals surface area contributed by atoms with Gasteiger partial charge in [0.25, 0.3) is 5.91 Å². The van der Waals surface area contributed by atoms with Crippen LogP contribution in [0.25, 0.3) is 0 Å². The Morgan fingerprint density at radius 1 is 1.26 bits per heavy atom. The number of ether oxygens (including phenoxy) is 2. The van der Waals surface area contributed by atoms with Crippen molar-refractivity contribution in [3.8, 4) is 11.5 Å². The third kappa shape index (κ3) is 3.71. The highest BCUT2D eigenvalue weighted by molar-refractivity contribution is 5.97. The van der Waals surface area contributed by atoms with Gasteiger partial charge in [0.2, 0.25) is 12.7 Å². The summed E-state index contributed by atoms with van der Waals surface area (Å²) in [6.07, 6.45) is 0.226. The Bertz CT molecular complexity index is 645. The largest absolute Gasteiger partial charge is 0.480 e. The molecule has 1 unspecified atom stereocenters. The number of hydrogen-bond donors (Lipinski definition) is 3. The highest BCUT2D eigenvalue weighted by Crippen LogP contribution is 2.32. The molecule has 0 saturated heterocycles. The summed E-state index contributed by atoms with van der Waals surface area (Å²) >= 11 is 0. The number of carbonyl (C=O) groups is 3. The van der Waals surface area contributed by atoms with E-state index in [1.54, 1.807) is 19.1 Å². The third-order valence-electron chi connectivity index (χ3n) is 3.64. The van der Waals surface area contributed by atoms with Crippen molar-refractivity contribution >= 4 is 17.8 Å². The van der Waals surface area contributed by atoms with Crippen LogP contribution in [0.5, 0.6) is 11.5 Å². The zero-order chi connectivity index (χ0) is 17.0. The first-order valence-electron chi connectivity index (χ1n) is 7.08. The number of hydrogen-bond acceptors (Lipinski definition) is 5. The van der Waals surface area contributed by atoms with Gasteiger partial charge in [0, 0.05) is 5.56 Å². The number of benzene rings is 1. The van der Waals surface area contributed by atoms with E-state index in [0.29, 0.717) is 17.1 Å². The van der Waals surface area contributed by atoms with E-state index in [9.17, 15) is 14.4 Å². The van der Waals surface area contributed by atoms with E-state index >= 15 is 0 Å². The van der Waals surface area contributed by atoms with Gasteiger partial charge >= 0.3 is 5.97 Å².